The van der Waals surface area contributed by atoms with Crippen molar-refractivity contribution in [2.45, 2.75) is 18.7 Å². The van der Waals surface area contributed by atoms with Gasteiger partial charge in [-0.3, -0.25) is 0 Å². The van der Waals surface area contributed by atoms with Gasteiger partial charge < -0.3 is 14.4 Å². The van der Waals surface area contributed by atoms with Crippen molar-refractivity contribution in [2.24, 2.45) is 0 Å². The summed E-state index contributed by atoms with van der Waals surface area (Å²) in [4.78, 5) is 2.34. The highest BCUT2D eigenvalue weighted by atomic mass is 32.2. The Bertz CT molecular complexity index is 1200. The van der Waals surface area contributed by atoms with Crippen molar-refractivity contribution in [3.05, 3.63) is 59.9 Å². The zero-order chi connectivity index (χ0) is 22.9. The average Bonchev–Trinajstić information content (AvgIpc) is 3.13. The number of nitrogens with zero attached hydrogens (tertiary/aromatic N) is 4. The highest BCUT2D eigenvalue weighted by Crippen LogP contribution is 2.32. The second-order valence-electron chi connectivity index (χ2n) is 7.67. The van der Waals surface area contributed by atoms with Gasteiger partial charge in [0.25, 0.3) is 0 Å². The Kier molecular flexibility index (Phi) is 6.12. The molecule has 0 unspecified atom stereocenters. The number of piperazine rings is 1. The molecule has 4 rings (SSSR count). The number of methoxy groups -OCH3 is 2. The second-order valence-corrected chi connectivity index (χ2v) is 9.58. The molecule has 0 saturated carbocycles. The first kappa shape index (κ1) is 22.2. The van der Waals surface area contributed by atoms with Crippen molar-refractivity contribution in [2.75, 3.05) is 45.3 Å². The van der Waals surface area contributed by atoms with Crippen LogP contribution in [-0.2, 0) is 10.0 Å². The maximum Gasteiger partial charge on any atom is 0.247 e. The van der Waals surface area contributed by atoms with Gasteiger partial charge in [0.1, 0.15) is 16.4 Å². The molecule has 3 aromatic rings. The minimum Gasteiger partial charge on any atom is -0.497 e. The Morgan fingerprint density at radius 2 is 1.59 bits per heavy atom. The first-order valence-corrected chi connectivity index (χ1v) is 11.9. The predicted octanol–water partition coefficient (Wildman–Crippen LogP) is 3.02. The van der Waals surface area contributed by atoms with E-state index in [1.165, 1.54) is 24.6 Å². The lowest BCUT2D eigenvalue weighted by Gasteiger charge is -2.35. The lowest BCUT2D eigenvalue weighted by Crippen LogP contribution is -2.49. The first-order chi connectivity index (χ1) is 15.4. The van der Waals surface area contributed by atoms with E-state index >= 15 is 0 Å². The highest BCUT2D eigenvalue weighted by Gasteiger charge is 2.32. The number of hydrogen-bond donors (Lipinski definition) is 0. The fourth-order valence-electron chi connectivity index (χ4n) is 4.19. The van der Waals surface area contributed by atoms with Crippen LogP contribution >= 0.6 is 0 Å². The lowest BCUT2D eigenvalue weighted by atomic mass is 10.2. The molecule has 2 aromatic carbocycles. The normalized spacial score (nSPS) is 15.1. The monoisotopic (exact) mass is 456 g/mol. The van der Waals surface area contributed by atoms with Crippen LogP contribution in [-0.4, -0.2) is 62.9 Å². The van der Waals surface area contributed by atoms with Crippen LogP contribution in [0.4, 0.5) is 5.69 Å². The highest BCUT2D eigenvalue weighted by molar-refractivity contribution is 7.89. The molecule has 8 nitrogen and oxygen atoms in total. The van der Waals surface area contributed by atoms with Gasteiger partial charge >= 0.3 is 0 Å². The summed E-state index contributed by atoms with van der Waals surface area (Å²) in [6.45, 7) is 5.94. The number of sulfonamides is 1. The zero-order valence-corrected chi connectivity index (χ0v) is 19.6. The van der Waals surface area contributed by atoms with Gasteiger partial charge in [0, 0.05) is 32.2 Å². The van der Waals surface area contributed by atoms with Crippen molar-refractivity contribution in [1.29, 1.82) is 0 Å². The quantitative estimate of drug-likeness (QED) is 0.568. The summed E-state index contributed by atoms with van der Waals surface area (Å²) in [5.74, 6) is 0.784. The third kappa shape index (κ3) is 3.93. The Morgan fingerprint density at radius 3 is 2.22 bits per heavy atom. The van der Waals surface area contributed by atoms with Gasteiger partial charge in [0.15, 0.2) is 0 Å². The Balaban J connectivity index is 1.56. The van der Waals surface area contributed by atoms with Gasteiger partial charge in [0.05, 0.1) is 37.0 Å². The molecule has 170 valence electrons. The van der Waals surface area contributed by atoms with Crippen LogP contribution in [0.1, 0.15) is 11.4 Å². The summed E-state index contributed by atoms with van der Waals surface area (Å²) in [5.41, 5.74) is 4.03. The van der Waals surface area contributed by atoms with Crippen molar-refractivity contribution >= 4 is 15.7 Å². The van der Waals surface area contributed by atoms with Gasteiger partial charge in [-0.05, 0) is 38.1 Å². The summed E-state index contributed by atoms with van der Waals surface area (Å²) in [6.07, 6.45) is 0. The standard InChI is InChI=1S/C23H28N4O4S/c1-17-23(18(2)27(24-17)19-8-6-5-7-9-19)25-12-14-26(15-13-25)32(28,29)22-16-20(30-3)10-11-21(22)31-4/h5-11,16H,12-15H2,1-4H3. The van der Waals surface area contributed by atoms with E-state index in [1.807, 2.05) is 48.9 Å². The summed E-state index contributed by atoms with van der Waals surface area (Å²) >= 11 is 0. The summed E-state index contributed by atoms with van der Waals surface area (Å²) in [7, 11) is -0.742. The predicted molar refractivity (Wildman–Crippen MR) is 124 cm³/mol. The number of aryl methyl sites for hydroxylation is 1. The van der Waals surface area contributed by atoms with E-state index in [9.17, 15) is 8.42 Å². The molecule has 1 aromatic heterocycles. The molecule has 0 spiro atoms. The van der Waals surface area contributed by atoms with Crippen LogP contribution in [0.2, 0.25) is 0 Å². The van der Waals surface area contributed by atoms with Gasteiger partial charge in [-0.2, -0.15) is 9.40 Å². The van der Waals surface area contributed by atoms with Crippen molar-refractivity contribution in [3.63, 3.8) is 0 Å². The minimum atomic E-state index is -3.72. The van der Waals surface area contributed by atoms with E-state index < -0.39 is 10.0 Å². The molecule has 9 heteroatoms. The summed E-state index contributed by atoms with van der Waals surface area (Å²) in [6, 6.07) is 14.8. The molecule has 0 radical (unpaired) electrons. The van der Waals surface area contributed by atoms with E-state index in [0.717, 1.165) is 22.8 Å². The summed E-state index contributed by atoms with van der Waals surface area (Å²) < 4.78 is 40.7. The van der Waals surface area contributed by atoms with Crippen LogP contribution < -0.4 is 14.4 Å². The Hall–Kier alpha value is -3.04. The zero-order valence-electron chi connectivity index (χ0n) is 18.8. The van der Waals surface area contributed by atoms with E-state index in [2.05, 4.69) is 4.90 Å². The Morgan fingerprint density at radius 1 is 0.906 bits per heavy atom. The van der Waals surface area contributed by atoms with Crippen LogP contribution in [0.5, 0.6) is 11.5 Å². The van der Waals surface area contributed by atoms with E-state index in [-0.39, 0.29) is 4.90 Å². The number of para-hydroxylation sites is 1. The maximum absolute atomic E-state index is 13.4. The number of aromatic nitrogens is 2. The van der Waals surface area contributed by atoms with Gasteiger partial charge in [-0.1, -0.05) is 18.2 Å². The molecule has 0 aliphatic carbocycles. The van der Waals surface area contributed by atoms with E-state index in [4.69, 9.17) is 14.6 Å². The van der Waals surface area contributed by atoms with Gasteiger partial charge in [-0.15, -0.1) is 0 Å². The van der Waals surface area contributed by atoms with Gasteiger partial charge in [0.2, 0.25) is 10.0 Å². The molecule has 0 atom stereocenters. The van der Waals surface area contributed by atoms with Crippen LogP contribution in [0.3, 0.4) is 0 Å². The van der Waals surface area contributed by atoms with E-state index in [0.29, 0.717) is 37.7 Å². The summed E-state index contributed by atoms with van der Waals surface area (Å²) in [5, 5.41) is 4.73. The fourth-order valence-corrected chi connectivity index (χ4v) is 5.78. The van der Waals surface area contributed by atoms with Crippen LogP contribution in [0, 0.1) is 13.8 Å². The molecule has 32 heavy (non-hydrogen) atoms. The first-order valence-electron chi connectivity index (χ1n) is 10.5. The van der Waals surface area contributed by atoms with Crippen molar-refractivity contribution < 1.29 is 17.9 Å². The minimum absolute atomic E-state index is 0.122. The molecule has 0 N–H and O–H groups in total. The third-order valence-corrected chi connectivity index (χ3v) is 7.72. The Labute approximate surface area is 189 Å². The van der Waals surface area contributed by atoms with Crippen molar-refractivity contribution in [3.8, 4) is 17.2 Å². The molecule has 1 aliphatic rings. The molecule has 1 aliphatic heterocycles. The maximum atomic E-state index is 13.4. The van der Waals surface area contributed by atoms with E-state index in [1.54, 1.807) is 12.1 Å². The van der Waals surface area contributed by atoms with Crippen LogP contribution in [0.25, 0.3) is 5.69 Å². The molecule has 1 saturated heterocycles. The topological polar surface area (TPSA) is 76.9 Å². The lowest BCUT2D eigenvalue weighted by molar-refractivity contribution is 0.370. The average molecular weight is 457 g/mol. The number of anilines is 1. The molecule has 0 bridgehead atoms. The fraction of sp³-hybridized carbons (Fsp3) is 0.348. The second kappa shape index (κ2) is 8.84. The SMILES string of the molecule is COc1ccc(OC)c(S(=O)(=O)N2CCN(c3c(C)nn(-c4ccccc4)c3C)CC2)c1. The molecule has 0 amide bonds. The van der Waals surface area contributed by atoms with Gasteiger partial charge in [-0.25, -0.2) is 13.1 Å². The molecular formula is C23H28N4O4S. The number of ether oxygens (including phenoxy) is 2. The number of rotatable bonds is 6. The smallest absolute Gasteiger partial charge is 0.247 e. The third-order valence-electron chi connectivity index (χ3n) is 5.80. The largest absolute Gasteiger partial charge is 0.497 e. The van der Waals surface area contributed by atoms with Crippen molar-refractivity contribution in [1.82, 2.24) is 14.1 Å². The number of benzene rings is 2. The molecule has 2 heterocycles. The molecule has 1 fully saturated rings. The van der Waals surface area contributed by atoms with Crippen LogP contribution in [0.15, 0.2) is 53.4 Å². The number of hydrogen-bond acceptors (Lipinski definition) is 6. The molecular weight excluding hydrogens is 428 g/mol.